The molecule has 0 saturated heterocycles. The Kier molecular flexibility index (Phi) is 5.74. The number of hydrogen-bond donors (Lipinski definition) is 2. The van der Waals surface area contributed by atoms with Crippen molar-refractivity contribution in [3.63, 3.8) is 0 Å². The number of aromatic nitrogens is 4. The molecule has 0 amide bonds. The Morgan fingerprint density at radius 3 is 2.27 bits per heavy atom. The van der Waals surface area contributed by atoms with Crippen molar-refractivity contribution in [2.75, 3.05) is 0 Å². The predicted octanol–water partition coefficient (Wildman–Crippen LogP) is 1.63. The van der Waals surface area contributed by atoms with Crippen molar-refractivity contribution in [1.29, 1.82) is 0 Å². The van der Waals surface area contributed by atoms with Gasteiger partial charge in [0.2, 0.25) is 0 Å². The van der Waals surface area contributed by atoms with Crippen LogP contribution >= 0.6 is 0 Å². The second-order valence-corrected chi connectivity index (χ2v) is 8.53. The van der Waals surface area contributed by atoms with E-state index in [0.29, 0.717) is 28.1 Å². The van der Waals surface area contributed by atoms with Crippen LogP contribution in [0, 0.1) is 0 Å². The molecule has 2 N–H and O–H groups in total. The summed E-state index contributed by atoms with van der Waals surface area (Å²) in [7, 11) is 0. The first-order valence-corrected chi connectivity index (χ1v) is 10.3. The van der Waals surface area contributed by atoms with Gasteiger partial charge >= 0.3 is 0 Å². The molecule has 0 spiro atoms. The largest absolute Gasteiger partial charge is 0.447 e. The standard InChI is InChI=1S/C25H22N4O4/c1-25(2,3)22-18(27-14-33-22)13-20-24(32)28-19(23(31)29-20)12-15-5-4-6-17(11-15)21(30)16-7-9-26-10-8-16/h4-14H,1-3H3,(H,28,32)(H,29,31)/b19-12-,20-13-. The van der Waals surface area contributed by atoms with Gasteiger partial charge in [0.25, 0.3) is 11.1 Å². The van der Waals surface area contributed by atoms with Crippen LogP contribution in [0.25, 0.3) is 12.2 Å². The van der Waals surface area contributed by atoms with Crippen LogP contribution < -0.4 is 21.8 Å². The fourth-order valence-electron chi connectivity index (χ4n) is 3.36. The zero-order valence-electron chi connectivity index (χ0n) is 18.4. The molecule has 0 atom stereocenters. The highest BCUT2D eigenvalue weighted by Gasteiger charge is 2.22. The molecular formula is C25H22N4O4. The summed E-state index contributed by atoms with van der Waals surface area (Å²) in [6.45, 7) is 5.89. The lowest BCUT2D eigenvalue weighted by Crippen LogP contribution is -2.46. The van der Waals surface area contributed by atoms with E-state index in [0.717, 1.165) is 0 Å². The molecule has 4 aromatic rings. The average molecular weight is 442 g/mol. The molecule has 4 rings (SSSR count). The van der Waals surface area contributed by atoms with Gasteiger partial charge in [-0.3, -0.25) is 19.4 Å². The minimum atomic E-state index is -0.479. The van der Waals surface area contributed by atoms with Crippen LogP contribution in [0.15, 0.2) is 69.2 Å². The van der Waals surface area contributed by atoms with Gasteiger partial charge in [0.15, 0.2) is 12.2 Å². The van der Waals surface area contributed by atoms with Crippen molar-refractivity contribution in [2.24, 2.45) is 0 Å². The Morgan fingerprint density at radius 1 is 0.939 bits per heavy atom. The van der Waals surface area contributed by atoms with Gasteiger partial charge in [-0.05, 0) is 35.9 Å². The number of oxazole rings is 1. The zero-order valence-corrected chi connectivity index (χ0v) is 18.4. The summed E-state index contributed by atoms with van der Waals surface area (Å²) in [4.78, 5) is 51.2. The lowest BCUT2D eigenvalue weighted by atomic mass is 9.92. The van der Waals surface area contributed by atoms with Gasteiger partial charge < -0.3 is 14.4 Å². The van der Waals surface area contributed by atoms with Gasteiger partial charge in [-0.15, -0.1) is 0 Å². The second kappa shape index (κ2) is 8.66. The molecule has 8 nitrogen and oxygen atoms in total. The molecule has 0 aliphatic heterocycles. The van der Waals surface area contributed by atoms with Gasteiger partial charge in [0.05, 0.1) is 0 Å². The number of pyridine rings is 1. The predicted molar refractivity (Wildman–Crippen MR) is 123 cm³/mol. The Balaban J connectivity index is 1.74. The number of benzene rings is 1. The van der Waals surface area contributed by atoms with Crippen LogP contribution in [-0.2, 0) is 5.41 Å². The van der Waals surface area contributed by atoms with E-state index < -0.39 is 11.1 Å². The second-order valence-electron chi connectivity index (χ2n) is 8.53. The van der Waals surface area contributed by atoms with E-state index in [4.69, 9.17) is 4.42 Å². The number of ketones is 1. The van der Waals surface area contributed by atoms with Gasteiger partial charge in [0.1, 0.15) is 22.2 Å². The molecule has 8 heteroatoms. The van der Waals surface area contributed by atoms with E-state index in [1.807, 2.05) is 20.8 Å². The molecule has 3 heterocycles. The third-order valence-corrected chi connectivity index (χ3v) is 4.95. The van der Waals surface area contributed by atoms with Crippen molar-refractivity contribution in [2.45, 2.75) is 26.2 Å². The lowest BCUT2D eigenvalue weighted by Gasteiger charge is -2.14. The average Bonchev–Trinajstić information content (AvgIpc) is 3.26. The highest BCUT2D eigenvalue weighted by atomic mass is 16.3. The zero-order chi connectivity index (χ0) is 23.6. The Hall–Kier alpha value is -4.33. The van der Waals surface area contributed by atoms with Crippen LogP contribution in [-0.4, -0.2) is 25.7 Å². The third-order valence-electron chi connectivity index (χ3n) is 4.95. The molecule has 0 radical (unpaired) electrons. The maximum absolute atomic E-state index is 12.7. The van der Waals surface area contributed by atoms with Crippen LogP contribution in [0.1, 0.15) is 53.7 Å². The first kappa shape index (κ1) is 21.9. The van der Waals surface area contributed by atoms with Gasteiger partial charge in [-0.1, -0.05) is 39.0 Å². The Morgan fingerprint density at radius 2 is 1.61 bits per heavy atom. The fraction of sp³-hybridized carbons (Fsp3) is 0.160. The number of H-pyrrole nitrogens is 2. The number of carbonyl (C=O) groups is 1. The topological polar surface area (TPSA) is 122 Å². The number of nitrogens with one attached hydrogen (secondary N) is 2. The SMILES string of the molecule is CC(C)(C)c1ocnc1/C=c1\[nH]c(=O)/c(=C/c2cccc(C(=O)c3ccncc3)c2)[nH]c1=O. The van der Waals surface area contributed by atoms with E-state index in [1.165, 1.54) is 18.5 Å². The van der Waals surface area contributed by atoms with Gasteiger partial charge in [-0.2, -0.15) is 0 Å². The van der Waals surface area contributed by atoms with Crippen molar-refractivity contribution in [1.82, 2.24) is 19.9 Å². The summed E-state index contributed by atoms with van der Waals surface area (Å²) in [6, 6.07) is 10.1. The van der Waals surface area contributed by atoms with E-state index >= 15 is 0 Å². The third kappa shape index (κ3) is 4.79. The van der Waals surface area contributed by atoms with E-state index in [9.17, 15) is 14.4 Å². The smallest absolute Gasteiger partial charge is 0.272 e. The normalized spacial score (nSPS) is 12.8. The molecule has 0 saturated carbocycles. The minimum absolute atomic E-state index is 0.0677. The summed E-state index contributed by atoms with van der Waals surface area (Å²) < 4.78 is 5.45. The Bertz CT molecular complexity index is 1550. The van der Waals surface area contributed by atoms with Crippen LogP contribution in [0.2, 0.25) is 0 Å². The summed E-state index contributed by atoms with van der Waals surface area (Å²) in [5, 5.41) is 0.139. The highest BCUT2D eigenvalue weighted by molar-refractivity contribution is 6.09. The molecule has 0 unspecified atom stereocenters. The number of nitrogens with zero attached hydrogens (tertiary/aromatic N) is 2. The van der Waals surface area contributed by atoms with Crippen molar-refractivity contribution in [3.05, 3.63) is 115 Å². The quantitative estimate of drug-likeness (QED) is 0.464. The molecule has 3 aromatic heterocycles. The monoisotopic (exact) mass is 442 g/mol. The van der Waals surface area contributed by atoms with E-state index in [1.54, 1.807) is 48.8 Å². The molecule has 33 heavy (non-hydrogen) atoms. The molecule has 0 aliphatic rings. The number of carbonyl (C=O) groups excluding carboxylic acids is 1. The number of rotatable bonds is 4. The summed E-state index contributed by atoms with van der Waals surface area (Å²) in [5.74, 6) is 0.441. The molecule has 0 fully saturated rings. The van der Waals surface area contributed by atoms with Gasteiger partial charge in [0, 0.05) is 28.9 Å². The van der Waals surface area contributed by atoms with E-state index in [-0.39, 0.29) is 21.9 Å². The number of aromatic amines is 2. The summed E-state index contributed by atoms with van der Waals surface area (Å²) in [6.07, 6.45) is 7.42. The summed E-state index contributed by atoms with van der Waals surface area (Å²) in [5.41, 5.74) is 0.763. The highest BCUT2D eigenvalue weighted by Crippen LogP contribution is 2.25. The molecule has 0 aliphatic carbocycles. The first-order chi connectivity index (χ1) is 15.7. The molecule has 0 bridgehead atoms. The van der Waals surface area contributed by atoms with E-state index in [2.05, 4.69) is 19.9 Å². The number of hydrogen-bond acceptors (Lipinski definition) is 6. The van der Waals surface area contributed by atoms with Crippen LogP contribution in [0.4, 0.5) is 0 Å². The van der Waals surface area contributed by atoms with Crippen molar-refractivity contribution >= 4 is 17.9 Å². The fourth-order valence-corrected chi connectivity index (χ4v) is 3.36. The van der Waals surface area contributed by atoms with Crippen LogP contribution in [0.3, 0.4) is 0 Å². The lowest BCUT2D eigenvalue weighted by molar-refractivity contribution is 0.103. The molecular weight excluding hydrogens is 420 g/mol. The Labute approximate surface area is 188 Å². The molecule has 1 aromatic carbocycles. The van der Waals surface area contributed by atoms with Gasteiger partial charge in [-0.25, -0.2) is 4.98 Å². The van der Waals surface area contributed by atoms with Crippen LogP contribution in [0.5, 0.6) is 0 Å². The van der Waals surface area contributed by atoms with Crippen molar-refractivity contribution < 1.29 is 9.21 Å². The molecule has 166 valence electrons. The first-order valence-electron chi connectivity index (χ1n) is 10.3. The summed E-state index contributed by atoms with van der Waals surface area (Å²) >= 11 is 0. The maximum Gasteiger partial charge on any atom is 0.272 e. The minimum Gasteiger partial charge on any atom is -0.447 e. The van der Waals surface area contributed by atoms with Crippen molar-refractivity contribution in [3.8, 4) is 0 Å². The maximum atomic E-state index is 12.7.